The molecule has 1 unspecified atom stereocenters. The number of rotatable bonds is 8. The van der Waals surface area contributed by atoms with Gasteiger partial charge >= 0.3 is 12.1 Å². The molecule has 9 nitrogen and oxygen atoms in total. The topological polar surface area (TPSA) is 120 Å². The Morgan fingerprint density at radius 1 is 1.35 bits per heavy atom. The first kappa shape index (κ1) is 20.0. The van der Waals surface area contributed by atoms with E-state index in [4.69, 9.17) is 4.74 Å². The molecule has 26 heavy (non-hydrogen) atoms. The normalized spacial score (nSPS) is 15.7. The standard InChI is InChI=1S/C16H22N2O7S/c1-3-9-17-16(20)23-13-6-4-5-12-15(13)11(10-18-12)7-8-14(19)24-25-26(2,21)22/h4-6,11,18H,3,7-10H2,1-2H3,(H,17,20). The quantitative estimate of drug-likeness (QED) is 0.513. The minimum Gasteiger partial charge on any atom is -0.410 e. The number of benzene rings is 1. The lowest BCUT2D eigenvalue weighted by molar-refractivity contribution is -0.211. The van der Waals surface area contributed by atoms with Crippen LogP contribution in [0, 0.1) is 0 Å². The van der Waals surface area contributed by atoms with Crippen LogP contribution in [-0.4, -0.2) is 39.8 Å². The van der Waals surface area contributed by atoms with Crippen LogP contribution in [0.1, 0.15) is 37.7 Å². The van der Waals surface area contributed by atoms with Crippen molar-refractivity contribution in [3.63, 3.8) is 0 Å². The summed E-state index contributed by atoms with van der Waals surface area (Å²) in [4.78, 5) is 27.7. The van der Waals surface area contributed by atoms with Crippen molar-refractivity contribution in [1.82, 2.24) is 5.32 Å². The second kappa shape index (κ2) is 8.86. The molecule has 0 saturated carbocycles. The highest BCUT2D eigenvalue weighted by Gasteiger charge is 2.28. The summed E-state index contributed by atoms with van der Waals surface area (Å²) in [6.07, 6.45) is 1.38. The summed E-state index contributed by atoms with van der Waals surface area (Å²) in [6.45, 7) is 3.02. The van der Waals surface area contributed by atoms with Crippen LogP contribution < -0.4 is 15.4 Å². The highest BCUT2D eigenvalue weighted by molar-refractivity contribution is 7.85. The Labute approximate surface area is 152 Å². The second-order valence-corrected chi connectivity index (χ2v) is 7.42. The maximum absolute atomic E-state index is 11.8. The molecule has 1 aliphatic heterocycles. The maximum atomic E-state index is 11.8. The SMILES string of the molecule is CCCNC(=O)Oc1cccc2c1C(CCC(=O)OOS(C)(=O)=O)CN2. The lowest BCUT2D eigenvalue weighted by atomic mass is 9.95. The molecule has 10 heteroatoms. The van der Waals surface area contributed by atoms with Crippen LogP contribution in [-0.2, 0) is 24.1 Å². The Morgan fingerprint density at radius 2 is 2.12 bits per heavy atom. The summed E-state index contributed by atoms with van der Waals surface area (Å²) in [5, 5.41) is 5.83. The van der Waals surface area contributed by atoms with Crippen molar-refractivity contribution in [1.29, 1.82) is 0 Å². The van der Waals surface area contributed by atoms with Crippen molar-refractivity contribution in [2.45, 2.75) is 32.1 Å². The van der Waals surface area contributed by atoms with E-state index in [1.54, 1.807) is 12.1 Å². The van der Waals surface area contributed by atoms with Gasteiger partial charge in [0.2, 0.25) is 0 Å². The Kier molecular flexibility index (Phi) is 6.81. The summed E-state index contributed by atoms with van der Waals surface area (Å²) in [5.41, 5.74) is 1.63. The lowest BCUT2D eigenvalue weighted by Gasteiger charge is -2.14. The largest absolute Gasteiger partial charge is 0.412 e. The molecule has 144 valence electrons. The molecule has 0 aliphatic carbocycles. The molecule has 0 spiro atoms. The molecule has 1 aromatic rings. The van der Waals surface area contributed by atoms with Crippen molar-refractivity contribution in [2.75, 3.05) is 24.7 Å². The van der Waals surface area contributed by atoms with E-state index in [0.717, 1.165) is 23.9 Å². The average molecular weight is 386 g/mol. The molecule has 1 heterocycles. The monoisotopic (exact) mass is 386 g/mol. The molecule has 1 aliphatic rings. The van der Waals surface area contributed by atoms with Gasteiger partial charge in [0.15, 0.2) is 0 Å². The first-order valence-electron chi connectivity index (χ1n) is 8.21. The van der Waals surface area contributed by atoms with Crippen LogP contribution in [0.2, 0.25) is 0 Å². The molecule has 1 atom stereocenters. The van der Waals surface area contributed by atoms with Gasteiger partial charge in [-0.3, -0.25) is 4.89 Å². The van der Waals surface area contributed by atoms with E-state index in [9.17, 15) is 18.0 Å². The molecule has 0 bridgehead atoms. The lowest BCUT2D eigenvalue weighted by Crippen LogP contribution is -2.27. The van der Waals surface area contributed by atoms with Crippen LogP contribution >= 0.6 is 0 Å². The molecular formula is C16H22N2O7S. The predicted molar refractivity (Wildman–Crippen MR) is 93.2 cm³/mol. The van der Waals surface area contributed by atoms with Crippen molar-refractivity contribution in [3.05, 3.63) is 23.8 Å². The van der Waals surface area contributed by atoms with Crippen LogP contribution in [0.3, 0.4) is 0 Å². The Hall–Kier alpha value is -2.33. The zero-order valence-corrected chi connectivity index (χ0v) is 15.4. The third kappa shape index (κ3) is 5.88. The van der Waals surface area contributed by atoms with Crippen LogP contribution in [0.25, 0.3) is 0 Å². The third-order valence-electron chi connectivity index (χ3n) is 3.68. The molecule has 1 aromatic carbocycles. The minimum atomic E-state index is -3.85. The zero-order chi connectivity index (χ0) is 19.2. The first-order chi connectivity index (χ1) is 12.3. The zero-order valence-electron chi connectivity index (χ0n) is 14.6. The van der Waals surface area contributed by atoms with E-state index >= 15 is 0 Å². The van der Waals surface area contributed by atoms with E-state index < -0.39 is 22.2 Å². The Bertz CT molecular complexity index is 764. The number of nitrogens with one attached hydrogen (secondary N) is 2. The molecule has 0 saturated heterocycles. The van der Waals surface area contributed by atoms with E-state index in [0.29, 0.717) is 25.3 Å². The molecule has 0 aromatic heterocycles. The number of anilines is 1. The van der Waals surface area contributed by atoms with E-state index in [-0.39, 0.29) is 12.3 Å². The predicted octanol–water partition coefficient (Wildman–Crippen LogP) is 1.91. The Morgan fingerprint density at radius 3 is 2.81 bits per heavy atom. The van der Waals surface area contributed by atoms with Crippen molar-refractivity contribution >= 4 is 27.9 Å². The number of carbonyl (C=O) groups is 2. The molecule has 0 radical (unpaired) electrons. The number of ether oxygens (including phenoxy) is 1. The number of fused-ring (bicyclic) bond motifs is 1. The molecule has 0 fully saturated rings. The van der Waals surface area contributed by atoms with Crippen molar-refractivity contribution in [3.8, 4) is 5.75 Å². The van der Waals surface area contributed by atoms with Gasteiger partial charge in [-0.2, -0.15) is 8.42 Å². The van der Waals surface area contributed by atoms with Crippen molar-refractivity contribution in [2.24, 2.45) is 0 Å². The van der Waals surface area contributed by atoms with Gasteiger partial charge in [0.1, 0.15) is 5.75 Å². The third-order valence-corrected chi connectivity index (χ3v) is 4.00. The fraction of sp³-hybridized carbons (Fsp3) is 0.500. The van der Waals surface area contributed by atoms with E-state index in [2.05, 4.69) is 19.9 Å². The van der Waals surface area contributed by atoms with Crippen molar-refractivity contribution < 1.29 is 32.0 Å². The number of carbonyl (C=O) groups excluding carboxylic acids is 2. The second-order valence-electron chi connectivity index (χ2n) is 5.88. The van der Waals surface area contributed by atoms with Gasteiger partial charge in [-0.25, -0.2) is 9.59 Å². The summed E-state index contributed by atoms with van der Waals surface area (Å²) < 4.78 is 31.0. The fourth-order valence-corrected chi connectivity index (χ4v) is 2.79. The first-order valence-corrected chi connectivity index (χ1v) is 10.0. The number of amides is 1. The van der Waals surface area contributed by atoms with Gasteiger partial charge in [-0.1, -0.05) is 17.3 Å². The van der Waals surface area contributed by atoms with E-state index in [1.165, 1.54) is 0 Å². The molecule has 1 amide bonds. The summed E-state index contributed by atoms with van der Waals surface area (Å²) in [5.74, 6) is -0.458. The highest BCUT2D eigenvalue weighted by atomic mass is 32.2. The van der Waals surface area contributed by atoms with Gasteiger partial charge in [0.05, 0.1) is 6.26 Å². The fourth-order valence-electron chi connectivity index (χ4n) is 2.59. The number of hydrogen-bond acceptors (Lipinski definition) is 8. The summed E-state index contributed by atoms with van der Waals surface area (Å²) >= 11 is 0. The molecule has 2 N–H and O–H groups in total. The summed E-state index contributed by atoms with van der Waals surface area (Å²) in [7, 11) is -3.85. The van der Waals surface area contributed by atoms with Crippen LogP contribution in [0.5, 0.6) is 5.75 Å². The van der Waals surface area contributed by atoms with Gasteiger partial charge in [-0.05, 0) is 25.0 Å². The summed E-state index contributed by atoms with van der Waals surface area (Å²) in [6, 6.07) is 5.32. The molecule has 2 rings (SSSR count). The maximum Gasteiger partial charge on any atom is 0.412 e. The van der Waals surface area contributed by atoms with Crippen LogP contribution in [0.4, 0.5) is 10.5 Å². The minimum absolute atomic E-state index is 0.0440. The number of hydrogen-bond donors (Lipinski definition) is 2. The van der Waals surface area contributed by atoms with E-state index in [1.807, 2.05) is 13.0 Å². The highest BCUT2D eigenvalue weighted by Crippen LogP contribution is 2.40. The Balaban J connectivity index is 1.98. The van der Waals surface area contributed by atoms with Crippen LogP contribution in [0.15, 0.2) is 18.2 Å². The van der Waals surface area contributed by atoms with Gasteiger partial charge in [0, 0.05) is 36.7 Å². The molecular weight excluding hydrogens is 364 g/mol. The smallest absolute Gasteiger partial charge is 0.410 e. The average Bonchev–Trinajstić information content (AvgIpc) is 3.00. The van der Waals surface area contributed by atoms with Gasteiger partial charge in [-0.15, -0.1) is 0 Å². The van der Waals surface area contributed by atoms with Gasteiger partial charge in [0.25, 0.3) is 10.1 Å². The van der Waals surface area contributed by atoms with Gasteiger partial charge < -0.3 is 15.4 Å².